The molecular weight excluding hydrogens is 390 g/mol. The van der Waals surface area contributed by atoms with Crippen LogP contribution in [0.2, 0.25) is 0 Å². The van der Waals surface area contributed by atoms with E-state index in [9.17, 15) is 4.79 Å². The zero-order chi connectivity index (χ0) is 22.0. The summed E-state index contributed by atoms with van der Waals surface area (Å²) in [5, 5.41) is 8.40. The van der Waals surface area contributed by atoms with Crippen molar-refractivity contribution in [1.82, 2.24) is 25.0 Å². The third-order valence-electron chi connectivity index (χ3n) is 6.00. The van der Waals surface area contributed by atoms with E-state index < -0.39 is 0 Å². The molecule has 0 aromatic carbocycles. The summed E-state index contributed by atoms with van der Waals surface area (Å²) in [5.41, 5.74) is 2.99. The van der Waals surface area contributed by atoms with Gasteiger partial charge in [0.25, 0.3) is 5.91 Å². The number of carbonyl (C=O) groups excluding carboxylic acids is 1. The molecule has 0 bridgehead atoms. The summed E-state index contributed by atoms with van der Waals surface area (Å²) in [6, 6.07) is 3.99. The molecule has 1 fully saturated rings. The largest absolute Gasteiger partial charge is 0.466 e. The van der Waals surface area contributed by atoms with Gasteiger partial charge in [0.15, 0.2) is 5.65 Å². The number of carbonyl (C=O) groups is 1. The predicted octanol–water partition coefficient (Wildman–Crippen LogP) is 4.49. The van der Waals surface area contributed by atoms with Gasteiger partial charge in [0.2, 0.25) is 0 Å². The van der Waals surface area contributed by atoms with Crippen LogP contribution in [-0.2, 0) is 0 Å². The van der Waals surface area contributed by atoms with Gasteiger partial charge < -0.3 is 14.6 Å². The Hall–Kier alpha value is -2.67. The van der Waals surface area contributed by atoms with E-state index in [2.05, 4.69) is 29.2 Å². The molecule has 7 heteroatoms. The molecule has 1 amide bonds. The second-order valence-corrected chi connectivity index (χ2v) is 8.81. The molecule has 1 aliphatic heterocycles. The molecule has 0 aliphatic carbocycles. The highest BCUT2D eigenvalue weighted by molar-refractivity contribution is 6.06. The Morgan fingerprint density at radius 3 is 2.65 bits per heavy atom. The van der Waals surface area contributed by atoms with Gasteiger partial charge in [-0.1, -0.05) is 6.42 Å². The van der Waals surface area contributed by atoms with Crippen molar-refractivity contribution < 1.29 is 9.21 Å². The van der Waals surface area contributed by atoms with E-state index in [1.54, 1.807) is 6.20 Å². The number of nitrogens with zero attached hydrogens (tertiary/aromatic N) is 4. The summed E-state index contributed by atoms with van der Waals surface area (Å²) in [7, 11) is 0. The van der Waals surface area contributed by atoms with Gasteiger partial charge in [-0.25, -0.2) is 9.67 Å². The lowest BCUT2D eigenvalue weighted by Crippen LogP contribution is -2.33. The smallest absolute Gasteiger partial charge is 0.252 e. The maximum atomic E-state index is 13.1. The van der Waals surface area contributed by atoms with Crippen LogP contribution in [0.4, 0.5) is 0 Å². The molecule has 4 heterocycles. The maximum absolute atomic E-state index is 13.1. The Morgan fingerprint density at radius 1 is 1.19 bits per heavy atom. The SMILES string of the molecule is Cc1cc(-c2cc(C(=O)NCCCN3CCCCC3)c3cnn(C(C)C)c3n2)c(C)o1. The summed E-state index contributed by atoms with van der Waals surface area (Å²) in [6.45, 7) is 12.0. The summed E-state index contributed by atoms with van der Waals surface area (Å²) in [5.74, 6) is 1.55. The van der Waals surface area contributed by atoms with E-state index in [4.69, 9.17) is 9.40 Å². The van der Waals surface area contributed by atoms with Gasteiger partial charge in [0.1, 0.15) is 11.5 Å². The molecule has 0 saturated carbocycles. The van der Waals surface area contributed by atoms with Crippen LogP contribution in [0.3, 0.4) is 0 Å². The number of fused-ring (bicyclic) bond motifs is 1. The molecular formula is C24H33N5O2. The van der Waals surface area contributed by atoms with Crippen LogP contribution in [-0.4, -0.2) is 51.8 Å². The number of nitrogens with one attached hydrogen (secondary N) is 1. The Balaban J connectivity index is 1.58. The van der Waals surface area contributed by atoms with Crippen molar-refractivity contribution in [3.8, 4) is 11.3 Å². The summed E-state index contributed by atoms with van der Waals surface area (Å²) in [4.78, 5) is 20.5. The minimum atomic E-state index is -0.0755. The number of amides is 1. The number of likely N-dealkylation sites (tertiary alicyclic amines) is 1. The number of furan rings is 1. The average Bonchev–Trinajstić information content (AvgIpc) is 3.33. The maximum Gasteiger partial charge on any atom is 0.252 e. The van der Waals surface area contributed by atoms with Crippen molar-refractivity contribution >= 4 is 16.9 Å². The molecule has 0 atom stereocenters. The third kappa shape index (κ3) is 4.66. The quantitative estimate of drug-likeness (QED) is 0.567. The molecule has 7 nitrogen and oxygen atoms in total. The number of hydrogen-bond donors (Lipinski definition) is 1. The number of piperidine rings is 1. The topological polar surface area (TPSA) is 76.2 Å². The van der Waals surface area contributed by atoms with Gasteiger partial charge in [-0.2, -0.15) is 5.10 Å². The van der Waals surface area contributed by atoms with E-state index in [0.29, 0.717) is 12.1 Å². The van der Waals surface area contributed by atoms with Crippen molar-refractivity contribution in [2.24, 2.45) is 0 Å². The first-order valence-electron chi connectivity index (χ1n) is 11.4. The zero-order valence-electron chi connectivity index (χ0n) is 19.1. The highest BCUT2D eigenvalue weighted by atomic mass is 16.3. The molecule has 1 aliphatic rings. The highest BCUT2D eigenvalue weighted by Gasteiger charge is 2.20. The van der Waals surface area contributed by atoms with E-state index >= 15 is 0 Å². The Morgan fingerprint density at radius 2 is 1.97 bits per heavy atom. The molecule has 3 aromatic rings. The van der Waals surface area contributed by atoms with Crippen LogP contribution >= 0.6 is 0 Å². The molecule has 0 spiro atoms. The number of hydrogen-bond acceptors (Lipinski definition) is 5. The molecule has 0 unspecified atom stereocenters. The lowest BCUT2D eigenvalue weighted by Gasteiger charge is -2.26. The molecule has 3 aromatic heterocycles. The van der Waals surface area contributed by atoms with Crippen LogP contribution in [0, 0.1) is 13.8 Å². The van der Waals surface area contributed by atoms with Gasteiger partial charge in [-0.3, -0.25) is 4.79 Å². The minimum Gasteiger partial charge on any atom is -0.466 e. The monoisotopic (exact) mass is 423 g/mol. The standard InChI is InChI=1S/C24H33N5O2/c1-16(2)29-23-21(15-26-29)20(14-22(27-23)19-13-17(3)31-18(19)4)24(30)25-9-8-12-28-10-6-5-7-11-28/h13-16H,5-12H2,1-4H3,(H,25,30). The Labute approximate surface area is 183 Å². The van der Waals surface area contributed by atoms with E-state index in [0.717, 1.165) is 46.8 Å². The van der Waals surface area contributed by atoms with E-state index in [1.807, 2.05) is 30.7 Å². The first-order chi connectivity index (χ1) is 14.9. The fourth-order valence-electron chi connectivity index (χ4n) is 4.39. The van der Waals surface area contributed by atoms with Crippen LogP contribution in [0.15, 0.2) is 22.7 Å². The molecule has 0 radical (unpaired) electrons. The lowest BCUT2D eigenvalue weighted by atomic mass is 10.1. The third-order valence-corrected chi connectivity index (χ3v) is 6.00. The first kappa shape index (κ1) is 21.6. The summed E-state index contributed by atoms with van der Waals surface area (Å²) in [6.07, 6.45) is 6.63. The van der Waals surface area contributed by atoms with Crippen molar-refractivity contribution in [1.29, 1.82) is 0 Å². The summed E-state index contributed by atoms with van der Waals surface area (Å²) >= 11 is 0. The second-order valence-electron chi connectivity index (χ2n) is 8.81. The van der Waals surface area contributed by atoms with Crippen LogP contribution in [0.25, 0.3) is 22.3 Å². The van der Waals surface area contributed by atoms with Crippen LogP contribution in [0.5, 0.6) is 0 Å². The zero-order valence-corrected chi connectivity index (χ0v) is 19.1. The second kappa shape index (κ2) is 9.22. The van der Waals surface area contributed by atoms with Gasteiger partial charge in [0, 0.05) is 18.2 Å². The van der Waals surface area contributed by atoms with E-state index in [1.165, 1.54) is 32.4 Å². The number of aryl methyl sites for hydroxylation is 2. The fraction of sp³-hybridized carbons (Fsp3) is 0.542. The van der Waals surface area contributed by atoms with Crippen LogP contribution < -0.4 is 5.32 Å². The molecule has 31 heavy (non-hydrogen) atoms. The van der Waals surface area contributed by atoms with Crippen molar-refractivity contribution in [3.05, 3.63) is 35.4 Å². The van der Waals surface area contributed by atoms with Gasteiger partial charge >= 0.3 is 0 Å². The number of aromatic nitrogens is 3. The number of rotatable bonds is 7. The molecule has 1 saturated heterocycles. The minimum absolute atomic E-state index is 0.0755. The summed E-state index contributed by atoms with van der Waals surface area (Å²) < 4.78 is 7.58. The van der Waals surface area contributed by atoms with Crippen LogP contribution in [0.1, 0.15) is 67.5 Å². The average molecular weight is 424 g/mol. The normalized spacial score (nSPS) is 15.1. The van der Waals surface area contributed by atoms with Gasteiger partial charge in [0.05, 0.1) is 22.8 Å². The fourth-order valence-corrected chi connectivity index (χ4v) is 4.39. The highest BCUT2D eigenvalue weighted by Crippen LogP contribution is 2.30. The Kier molecular flexibility index (Phi) is 6.41. The predicted molar refractivity (Wildman–Crippen MR) is 122 cm³/mol. The first-order valence-corrected chi connectivity index (χ1v) is 11.4. The van der Waals surface area contributed by atoms with Gasteiger partial charge in [-0.15, -0.1) is 0 Å². The molecule has 4 rings (SSSR count). The van der Waals surface area contributed by atoms with E-state index in [-0.39, 0.29) is 11.9 Å². The molecule has 166 valence electrons. The van der Waals surface area contributed by atoms with Crippen molar-refractivity contribution in [2.45, 2.75) is 59.4 Å². The molecule has 1 N–H and O–H groups in total. The number of pyridine rings is 1. The van der Waals surface area contributed by atoms with Crippen molar-refractivity contribution in [2.75, 3.05) is 26.2 Å². The lowest BCUT2D eigenvalue weighted by molar-refractivity contribution is 0.0952. The van der Waals surface area contributed by atoms with Gasteiger partial charge in [-0.05, 0) is 78.7 Å². The Bertz CT molecular complexity index is 1060. The van der Waals surface area contributed by atoms with Crippen molar-refractivity contribution in [3.63, 3.8) is 0 Å².